The quantitative estimate of drug-likeness (QED) is 0.684. The summed E-state index contributed by atoms with van der Waals surface area (Å²) in [6, 6.07) is 2.91. The van der Waals surface area contributed by atoms with Gasteiger partial charge < -0.3 is 15.7 Å². The highest BCUT2D eigenvalue weighted by atomic mass is 32.1. The van der Waals surface area contributed by atoms with E-state index < -0.39 is 12.1 Å². The van der Waals surface area contributed by atoms with E-state index in [-0.39, 0.29) is 30.2 Å². The smallest absolute Gasteiger partial charge is 0.262 e. The molecule has 22 heavy (non-hydrogen) atoms. The highest BCUT2D eigenvalue weighted by Gasteiger charge is 2.25. The molecule has 0 radical (unpaired) electrons. The number of carbonyl (C=O) groups is 2. The van der Waals surface area contributed by atoms with Crippen LogP contribution in [0.2, 0.25) is 0 Å². The third kappa shape index (κ3) is 5.42. The molecule has 0 aliphatic rings. The number of carbonyl (C=O) groups excluding carboxylic acids is 2. The van der Waals surface area contributed by atoms with Gasteiger partial charge in [-0.05, 0) is 23.3 Å². The Kier molecular flexibility index (Phi) is 7.55. The maximum Gasteiger partial charge on any atom is 0.262 e. The van der Waals surface area contributed by atoms with E-state index in [4.69, 9.17) is 0 Å². The topological polar surface area (TPSA) is 78.4 Å². The van der Waals surface area contributed by atoms with Crippen molar-refractivity contribution in [3.8, 4) is 0 Å². The highest BCUT2D eigenvalue weighted by molar-refractivity contribution is 7.12. The normalized spacial score (nSPS) is 15.2. The molecule has 0 bridgehead atoms. The summed E-state index contributed by atoms with van der Waals surface area (Å²) < 4.78 is 0. The van der Waals surface area contributed by atoms with Crippen molar-refractivity contribution in [3.63, 3.8) is 0 Å². The van der Waals surface area contributed by atoms with E-state index in [1.165, 1.54) is 11.3 Å². The van der Waals surface area contributed by atoms with Crippen LogP contribution < -0.4 is 10.6 Å². The second-order valence-corrected chi connectivity index (χ2v) is 6.82. The van der Waals surface area contributed by atoms with Gasteiger partial charge in [-0.25, -0.2) is 0 Å². The van der Waals surface area contributed by atoms with Gasteiger partial charge in [0.2, 0.25) is 5.91 Å². The molecule has 0 spiro atoms. The molecule has 5 nitrogen and oxygen atoms in total. The molecule has 3 atom stereocenters. The van der Waals surface area contributed by atoms with Gasteiger partial charge in [-0.1, -0.05) is 40.2 Å². The molecule has 3 N–H and O–H groups in total. The van der Waals surface area contributed by atoms with Crippen LogP contribution >= 0.6 is 11.3 Å². The molecule has 6 heteroatoms. The fraction of sp³-hybridized carbons (Fsp3) is 0.625. The summed E-state index contributed by atoms with van der Waals surface area (Å²) >= 11 is 1.34. The predicted molar refractivity (Wildman–Crippen MR) is 88.9 cm³/mol. The van der Waals surface area contributed by atoms with Crippen molar-refractivity contribution < 1.29 is 14.7 Å². The lowest BCUT2D eigenvalue weighted by Gasteiger charge is -2.23. The van der Waals surface area contributed by atoms with Crippen LogP contribution in [0.3, 0.4) is 0 Å². The van der Waals surface area contributed by atoms with Crippen molar-refractivity contribution in [1.82, 2.24) is 10.6 Å². The van der Waals surface area contributed by atoms with Crippen LogP contribution in [0.15, 0.2) is 17.5 Å². The monoisotopic (exact) mass is 326 g/mol. The van der Waals surface area contributed by atoms with Gasteiger partial charge in [0.05, 0.1) is 11.0 Å². The summed E-state index contributed by atoms with van der Waals surface area (Å²) in [4.78, 5) is 24.9. The Morgan fingerprint density at radius 1 is 1.32 bits per heavy atom. The Bertz CT molecular complexity index is 474. The predicted octanol–water partition coefficient (Wildman–Crippen LogP) is 2.03. The molecule has 0 aliphatic heterocycles. The third-order valence-corrected chi connectivity index (χ3v) is 4.64. The molecule has 0 saturated carbocycles. The molecule has 0 aliphatic carbocycles. The Balaban J connectivity index is 2.59. The minimum atomic E-state index is -0.612. The number of hydrogen-bond donors (Lipinski definition) is 3. The minimum absolute atomic E-state index is 0.0374. The zero-order valence-electron chi connectivity index (χ0n) is 13.6. The van der Waals surface area contributed by atoms with Gasteiger partial charge in [0.25, 0.3) is 5.91 Å². The van der Waals surface area contributed by atoms with Crippen molar-refractivity contribution >= 4 is 23.2 Å². The zero-order valence-corrected chi connectivity index (χ0v) is 14.4. The molecule has 1 aromatic heterocycles. The first kappa shape index (κ1) is 18.6. The molecule has 1 rings (SSSR count). The number of amides is 2. The lowest BCUT2D eigenvalue weighted by molar-refractivity contribution is -0.124. The van der Waals surface area contributed by atoms with Crippen molar-refractivity contribution in [2.45, 2.75) is 46.3 Å². The Labute approximate surface area is 136 Å². The standard InChI is InChI=1S/C16H26N2O3S/c1-5-11(4)12(19)9-17-16(21)14(10(2)3)18-15(20)13-7-6-8-22-13/h6-8,10-12,14,19H,5,9H2,1-4H3,(H,17,21)(H,18,20). The van der Waals surface area contributed by atoms with Gasteiger partial charge in [0.1, 0.15) is 6.04 Å². The molecule has 0 aromatic carbocycles. The van der Waals surface area contributed by atoms with Gasteiger partial charge in [-0.15, -0.1) is 11.3 Å². The third-order valence-electron chi connectivity index (χ3n) is 3.77. The van der Waals surface area contributed by atoms with Crippen molar-refractivity contribution in [2.75, 3.05) is 6.54 Å². The summed E-state index contributed by atoms with van der Waals surface area (Å²) in [5.41, 5.74) is 0. The van der Waals surface area contributed by atoms with Crippen molar-refractivity contribution in [2.24, 2.45) is 11.8 Å². The van der Waals surface area contributed by atoms with E-state index in [1.54, 1.807) is 12.1 Å². The van der Waals surface area contributed by atoms with Gasteiger partial charge >= 0.3 is 0 Å². The summed E-state index contributed by atoms with van der Waals surface area (Å²) in [6.07, 6.45) is 0.273. The number of rotatable bonds is 8. The number of aliphatic hydroxyl groups is 1. The molecule has 3 unspecified atom stereocenters. The van der Waals surface area contributed by atoms with E-state index in [0.29, 0.717) is 4.88 Å². The molecule has 0 fully saturated rings. The molecular formula is C16H26N2O3S. The van der Waals surface area contributed by atoms with Crippen LogP contribution in [0.25, 0.3) is 0 Å². The van der Waals surface area contributed by atoms with Crippen LogP contribution in [0, 0.1) is 11.8 Å². The van der Waals surface area contributed by atoms with Crippen LogP contribution in [-0.4, -0.2) is 35.6 Å². The fourth-order valence-electron chi connectivity index (χ4n) is 1.94. The van der Waals surface area contributed by atoms with Gasteiger partial charge in [0.15, 0.2) is 0 Å². The highest BCUT2D eigenvalue weighted by Crippen LogP contribution is 2.11. The Morgan fingerprint density at radius 3 is 2.50 bits per heavy atom. The lowest BCUT2D eigenvalue weighted by Crippen LogP contribution is -2.51. The number of aliphatic hydroxyl groups excluding tert-OH is 1. The van der Waals surface area contributed by atoms with E-state index in [1.807, 2.05) is 33.1 Å². The van der Waals surface area contributed by atoms with E-state index in [9.17, 15) is 14.7 Å². The maximum absolute atomic E-state index is 12.3. The number of hydrogen-bond acceptors (Lipinski definition) is 4. The fourth-order valence-corrected chi connectivity index (χ4v) is 2.57. The Morgan fingerprint density at radius 2 is 2.00 bits per heavy atom. The number of thiophene rings is 1. The summed E-state index contributed by atoms with van der Waals surface area (Å²) in [5.74, 6) is -0.420. The largest absolute Gasteiger partial charge is 0.391 e. The van der Waals surface area contributed by atoms with Crippen molar-refractivity contribution in [1.29, 1.82) is 0 Å². The molecule has 124 valence electrons. The minimum Gasteiger partial charge on any atom is -0.391 e. The molecule has 1 heterocycles. The van der Waals surface area contributed by atoms with Gasteiger partial charge in [-0.3, -0.25) is 9.59 Å². The Hall–Kier alpha value is -1.40. The van der Waals surface area contributed by atoms with Crippen LogP contribution in [0.4, 0.5) is 0 Å². The van der Waals surface area contributed by atoms with Crippen LogP contribution in [-0.2, 0) is 4.79 Å². The first-order valence-corrected chi connectivity index (χ1v) is 8.54. The summed E-state index contributed by atoms with van der Waals surface area (Å²) in [7, 11) is 0. The van der Waals surface area contributed by atoms with E-state index in [0.717, 1.165) is 6.42 Å². The summed E-state index contributed by atoms with van der Waals surface area (Å²) in [5, 5.41) is 17.2. The molecule has 1 aromatic rings. The van der Waals surface area contributed by atoms with Gasteiger partial charge in [0, 0.05) is 6.54 Å². The van der Waals surface area contributed by atoms with Crippen molar-refractivity contribution in [3.05, 3.63) is 22.4 Å². The van der Waals surface area contributed by atoms with Crippen LogP contribution in [0.1, 0.15) is 43.8 Å². The van der Waals surface area contributed by atoms with Crippen LogP contribution in [0.5, 0.6) is 0 Å². The second-order valence-electron chi connectivity index (χ2n) is 5.87. The van der Waals surface area contributed by atoms with Gasteiger partial charge in [-0.2, -0.15) is 0 Å². The maximum atomic E-state index is 12.3. The second kappa shape index (κ2) is 8.90. The first-order chi connectivity index (χ1) is 10.4. The SMILES string of the molecule is CCC(C)C(O)CNC(=O)C(NC(=O)c1cccs1)C(C)C. The average molecular weight is 326 g/mol. The number of nitrogens with one attached hydrogen (secondary N) is 2. The zero-order chi connectivity index (χ0) is 16.7. The molecule has 2 amide bonds. The summed E-state index contributed by atoms with van der Waals surface area (Å²) in [6.45, 7) is 7.89. The lowest BCUT2D eigenvalue weighted by atomic mass is 10.0. The average Bonchev–Trinajstić information content (AvgIpc) is 3.02. The molecular weight excluding hydrogens is 300 g/mol. The molecule has 0 saturated heterocycles. The van der Waals surface area contributed by atoms with E-state index >= 15 is 0 Å². The van der Waals surface area contributed by atoms with E-state index in [2.05, 4.69) is 10.6 Å². The first-order valence-electron chi connectivity index (χ1n) is 7.66.